The normalized spacial score (nSPS) is 18.5. The number of nitrogens with zero attached hydrogens (tertiary/aromatic N) is 3. The minimum absolute atomic E-state index is 0.0233. The van der Waals surface area contributed by atoms with E-state index in [0.29, 0.717) is 10.8 Å². The maximum atomic E-state index is 11.8. The summed E-state index contributed by atoms with van der Waals surface area (Å²) in [6.07, 6.45) is 4.09. The third kappa shape index (κ3) is 4.89. The van der Waals surface area contributed by atoms with Crippen LogP contribution in [0.1, 0.15) is 52.8 Å². The molecular formula is C20H23N7O2S2. The Morgan fingerprint density at radius 1 is 1.19 bits per heavy atom. The lowest BCUT2D eigenvalue weighted by molar-refractivity contribution is 0.0992. The summed E-state index contributed by atoms with van der Waals surface area (Å²) in [7, 11) is 0. The molecule has 1 aliphatic rings. The molecule has 0 saturated heterocycles. The van der Waals surface area contributed by atoms with E-state index in [2.05, 4.69) is 25.8 Å². The van der Waals surface area contributed by atoms with Crippen LogP contribution < -0.4 is 22.1 Å². The van der Waals surface area contributed by atoms with E-state index in [-0.39, 0.29) is 29.4 Å². The fourth-order valence-corrected chi connectivity index (χ4v) is 5.24. The zero-order valence-corrected chi connectivity index (χ0v) is 18.6. The highest BCUT2D eigenvalue weighted by Gasteiger charge is 2.23. The Kier molecular flexibility index (Phi) is 6.25. The van der Waals surface area contributed by atoms with Crippen molar-refractivity contribution in [2.75, 3.05) is 10.6 Å². The molecule has 1 amide bonds. The van der Waals surface area contributed by atoms with E-state index < -0.39 is 5.91 Å². The molecule has 3 heterocycles. The average molecular weight is 458 g/mol. The number of anilines is 3. The van der Waals surface area contributed by atoms with E-state index >= 15 is 0 Å². The quantitative estimate of drug-likeness (QED) is 0.394. The van der Waals surface area contributed by atoms with Gasteiger partial charge in [0.2, 0.25) is 5.95 Å². The molecule has 11 heteroatoms. The van der Waals surface area contributed by atoms with Gasteiger partial charge in [-0.3, -0.25) is 9.59 Å². The zero-order valence-electron chi connectivity index (χ0n) is 16.9. The van der Waals surface area contributed by atoms with Gasteiger partial charge in [0.15, 0.2) is 17.3 Å². The maximum absolute atomic E-state index is 11.8. The Bertz CT molecular complexity index is 1110. The number of primary amides is 1. The molecule has 1 aliphatic carbocycles. The number of aromatic nitrogens is 3. The van der Waals surface area contributed by atoms with Gasteiger partial charge in [-0.15, -0.1) is 32.9 Å². The van der Waals surface area contributed by atoms with Gasteiger partial charge in [0, 0.05) is 27.9 Å². The van der Waals surface area contributed by atoms with Gasteiger partial charge in [-0.25, -0.2) is 0 Å². The molecule has 0 aliphatic heterocycles. The molecule has 1 fully saturated rings. The van der Waals surface area contributed by atoms with Gasteiger partial charge < -0.3 is 22.1 Å². The molecule has 2 atom stereocenters. The van der Waals surface area contributed by atoms with E-state index in [9.17, 15) is 9.59 Å². The monoisotopic (exact) mass is 457 g/mol. The number of nitrogens with one attached hydrogen (secondary N) is 2. The van der Waals surface area contributed by atoms with Crippen molar-refractivity contribution in [3.05, 3.63) is 34.2 Å². The van der Waals surface area contributed by atoms with Crippen LogP contribution >= 0.6 is 22.7 Å². The first-order valence-corrected chi connectivity index (χ1v) is 11.6. The van der Waals surface area contributed by atoms with Gasteiger partial charge in [0.05, 0.1) is 9.88 Å². The zero-order chi connectivity index (χ0) is 22.0. The summed E-state index contributed by atoms with van der Waals surface area (Å²) in [6.45, 7) is 1.55. The lowest BCUT2D eigenvalue weighted by Gasteiger charge is -2.29. The molecule has 1 saturated carbocycles. The molecule has 0 aromatic carbocycles. The minimum atomic E-state index is -0.718. The van der Waals surface area contributed by atoms with E-state index in [1.807, 2.05) is 23.6 Å². The fraction of sp³-hybridized carbons (Fsp3) is 0.350. The number of rotatable bonds is 7. The molecule has 0 spiro atoms. The van der Waals surface area contributed by atoms with Crippen LogP contribution in [0.4, 0.5) is 16.8 Å². The van der Waals surface area contributed by atoms with Gasteiger partial charge in [-0.05, 0) is 38.0 Å². The highest BCUT2D eigenvalue weighted by Crippen LogP contribution is 2.35. The molecule has 0 radical (unpaired) electrons. The molecule has 9 nitrogen and oxygen atoms in total. The first-order chi connectivity index (χ1) is 14.9. The molecule has 31 heavy (non-hydrogen) atoms. The number of nitrogens with two attached hydrogens (primary N) is 2. The number of amides is 1. The van der Waals surface area contributed by atoms with Gasteiger partial charge in [0.1, 0.15) is 0 Å². The number of carbonyl (C=O) groups is 2. The van der Waals surface area contributed by atoms with Crippen LogP contribution in [0.5, 0.6) is 0 Å². The van der Waals surface area contributed by atoms with Crippen LogP contribution in [0, 0.1) is 0 Å². The van der Waals surface area contributed by atoms with E-state index in [0.717, 1.165) is 41.1 Å². The summed E-state index contributed by atoms with van der Waals surface area (Å²) in [4.78, 5) is 29.5. The highest BCUT2D eigenvalue weighted by molar-refractivity contribution is 7.18. The van der Waals surface area contributed by atoms with Crippen molar-refractivity contribution in [1.29, 1.82) is 0 Å². The second kappa shape index (κ2) is 9.08. The second-order valence-electron chi connectivity index (χ2n) is 7.44. The van der Waals surface area contributed by atoms with Gasteiger partial charge in [-0.1, -0.05) is 12.8 Å². The number of ketones is 1. The molecule has 4 rings (SSSR count). The summed E-state index contributed by atoms with van der Waals surface area (Å²) in [5, 5.41) is 17.1. The molecule has 6 N–H and O–H groups in total. The van der Waals surface area contributed by atoms with Crippen molar-refractivity contribution in [2.45, 2.75) is 44.7 Å². The predicted molar refractivity (Wildman–Crippen MR) is 123 cm³/mol. The number of hydrogen-bond donors (Lipinski definition) is 4. The molecular weight excluding hydrogens is 434 g/mol. The lowest BCUT2D eigenvalue weighted by atomic mass is 9.91. The highest BCUT2D eigenvalue weighted by atomic mass is 32.1. The first kappa shape index (κ1) is 21.3. The van der Waals surface area contributed by atoms with E-state index in [1.54, 1.807) is 6.92 Å². The summed E-state index contributed by atoms with van der Waals surface area (Å²) < 4.78 is 0. The fourth-order valence-electron chi connectivity index (χ4n) is 3.47. The lowest BCUT2D eigenvalue weighted by Crippen LogP contribution is -2.43. The first-order valence-electron chi connectivity index (χ1n) is 9.94. The maximum Gasteiger partial charge on any atom is 0.273 e. The van der Waals surface area contributed by atoms with Crippen molar-refractivity contribution >= 4 is 51.1 Å². The van der Waals surface area contributed by atoms with Gasteiger partial charge >= 0.3 is 0 Å². The summed E-state index contributed by atoms with van der Waals surface area (Å²) >= 11 is 2.89. The Hall–Kier alpha value is -2.89. The number of hydrogen-bond acceptors (Lipinski definition) is 10. The van der Waals surface area contributed by atoms with Crippen LogP contribution in [0.15, 0.2) is 23.6 Å². The smallest absolute Gasteiger partial charge is 0.273 e. The Balaban J connectivity index is 1.55. The van der Waals surface area contributed by atoms with Crippen molar-refractivity contribution in [2.24, 2.45) is 11.5 Å². The van der Waals surface area contributed by atoms with Crippen LogP contribution in [-0.4, -0.2) is 39.0 Å². The largest absolute Gasteiger partial charge is 0.364 e. The van der Waals surface area contributed by atoms with Crippen molar-refractivity contribution in [1.82, 2.24) is 15.2 Å². The van der Waals surface area contributed by atoms with E-state index in [1.165, 1.54) is 22.7 Å². The number of carbonyl (C=O) groups excluding carboxylic acids is 2. The minimum Gasteiger partial charge on any atom is -0.364 e. The van der Waals surface area contributed by atoms with Crippen molar-refractivity contribution < 1.29 is 9.59 Å². The SMILES string of the molecule is CC(=O)c1ccc(-c2csc(Nc3nc(N[C@@H]4CCCC[C@@H]4N)nnc3C(N)=O)c2)s1. The molecule has 3 aromatic rings. The standard InChI is InChI=1S/C20H23N7O2S2/c1-10(28)14-6-7-15(31-14)11-8-16(30-9-11)24-19-17(18(22)29)26-27-20(25-19)23-13-5-3-2-4-12(13)21/h6-9,12-13H,2-5,21H2,1H3,(H2,22,29)(H2,23,24,25,27)/t12-,13+/m0/s1. The van der Waals surface area contributed by atoms with Crippen LogP contribution in [0.3, 0.4) is 0 Å². The van der Waals surface area contributed by atoms with Gasteiger partial charge in [0.25, 0.3) is 5.91 Å². The second-order valence-corrected chi connectivity index (χ2v) is 9.44. The van der Waals surface area contributed by atoms with Crippen LogP contribution in [0.2, 0.25) is 0 Å². The third-order valence-corrected chi connectivity index (χ3v) is 7.21. The summed E-state index contributed by atoms with van der Waals surface area (Å²) in [5.74, 6) is -0.139. The number of thiophene rings is 2. The third-order valence-electron chi connectivity index (χ3n) is 5.13. The van der Waals surface area contributed by atoms with Crippen molar-refractivity contribution in [3.63, 3.8) is 0 Å². The summed E-state index contributed by atoms with van der Waals surface area (Å²) in [6, 6.07) is 5.75. The van der Waals surface area contributed by atoms with Crippen LogP contribution in [0.25, 0.3) is 10.4 Å². The molecule has 162 valence electrons. The van der Waals surface area contributed by atoms with Crippen LogP contribution in [-0.2, 0) is 0 Å². The Morgan fingerprint density at radius 2 is 2.00 bits per heavy atom. The molecule has 3 aromatic heterocycles. The Morgan fingerprint density at radius 3 is 2.71 bits per heavy atom. The predicted octanol–water partition coefficient (Wildman–Crippen LogP) is 3.39. The van der Waals surface area contributed by atoms with E-state index in [4.69, 9.17) is 11.5 Å². The Labute approximate surface area is 187 Å². The van der Waals surface area contributed by atoms with Gasteiger partial charge in [-0.2, -0.15) is 4.98 Å². The van der Waals surface area contributed by atoms with Crippen molar-refractivity contribution in [3.8, 4) is 10.4 Å². The molecule has 0 bridgehead atoms. The number of Topliss-reactive ketones (excluding diaryl/α,β-unsaturated/α-hetero) is 1. The molecule has 0 unspecified atom stereocenters. The summed E-state index contributed by atoms with van der Waals surface area (Å²) in [5.41, 5.74) is 12.6. The average Bonchev–Trinajstić information content (AvgIpc) is 3.39. The topological polar surface area (TPSA) is 149 Å².